The molecule has 2 N–H and O–H groups in total. The van der Waals surface area contributed by atoms with Gasteiger partial charge in [0, 0.05) is 19.1 Å². The lowest BCUT2D eigenvalue weighted by Crippen LogP contribution is -2.36. The number of thioether (sulfide) groups is 1. The third-order valence-electron chi connectivity index (χ3n) is 2.56. The lowest BCUT2D eigenvalue weighted by atomic mass is 10.5. The van der Waals surface area contributed by atoms with E-state index in [1.54, 1.807) is 0 Å². The molecular formula is C10H15N3O3S. The molecule has 1 aliphatic heterocycles. The molecule has 0 unspecified atom stereocenters. The van der Waals surface area contributed by atoms with Gasteiger partial charge in [0.05, 0.1) is 11.5 Å². The number of rotatable bonds is 5. The molecule has 6 nitrogen and oxygen atoms in total. The third-order valence-corrected chi connectivity index (χ3v) is 3.48. The molecule has 0 atom stereocenters. The Balaban J connectivity index is 1.62. The SMILES string of the molecule is O=C(CSCC(=O)N1CCNC1=O)NC1CC1. The summed E-state index contributed by atoms with van der Waals surface area (Å²) in [5.74, 6) is 0.184. The number of nitrogens with one attached hydrogen (secondary N) is 2. The van der Waals surface area contributed by atoms with Gasteiger partial charge >= 0.3 is 6.03 Å². The van der Waals surface area contributed by atoms with Crippen molar-refractivity contribution in [2.75, 3.05) is 24.6 Å². The number of imide groups is 1. The van der Waals surface area contributed by atoms with Crippen molar-refractivity contribution < 1.29 is 14.4 Å². The van der Waals surface area contributed by atoms with E-state index in [4.69, 9.17) is 0 Å². The van der Waals surface area contributed by atoms with Crippen LogP contribution in [0.15, 0.2) is 0 Å². The highest BCUT2D eigenvalue weighted by Gasteiger charge is 2.26. The standard InChI is InChI=1S/C10H15N3O3S/c14-8(12-7-1-2-7)5-17-6-9(15)13-4-3-11-10(13)16/h7H,1-6H2,(H,11,16)(H,12,14). The van der Waals surface area contributed by atoms with Crippen LogP contribution in [0, 0.1) is 0 Å². The second kappa shape index (κ2) is 5.39. The first-order chi connectivity index (χ1) is 8.16. The summed E-state index contributed by atoms with van der Waals surface area (Å²) >= 11 is 1.24. The molecule has 0 aromatic rings. The predicted octanol–water partition coefficient (Wildman–Crippen LogP) is -0.450. The van der Waals surface area contributed by atoms with Gasteiger partial charge in [-0.15, -0.1) is 11.8 Å². The monoisotopic (exact) mass is 257 g/mol. The van der Waals surface area contributed by atoms with Crippen molar-refractivity contribution in [3.8, 4) is 0 Å². The molecule has 2 rings (SSSR count). The minimum Gasteiger partial charge on any atom is -0.353 e. The first kappa shape index (κ1) is 12.2. The van der Waals surface area contributed by atoms with Crippen molar-refractivity contribution in [1.29, 1.82) is 0 Å². The van der Waals surface area contributed by atoms with E-state index < -0.39 is 0 Å². The summed E-state index contributed by atoms with van der Waals surface area (Å²) in [4.78, 5) is 35.3. The Hall–Kier alpha value is -1.24. The van der Waals surface area contributed by atoms with Crippen LogP contribution in [0.4, 0.5) is 4.79 Å². The normalized spacial score (nSPS) is 19.1. The molecule has 0 aromatic carbocycles. The molecule has 0 spiro atoms. The fraction of sp³-hybridized carbons (Fsp3) is 0.700. The largest absolute Gasteiger partial charge is 0.353 e. The Morgan fingerprint density at radius 2 is 2.18 bits per heavy atom. The van der Waals surface area contributed by atoms with Crippen LogP contribution in [0.3, 0.4) is 0 Å². The van der Waals surface area contributed by atoms with Crippen LogP contribution in [0.1, 0.15) is 12.8 Å². The molecule has 1 heterocycles. The zero-order valence-electron chi connectivity index (χ0n) is 9.40. The fourth-order valence-corrected chi connectivity index (χ4v) is 2.22. The second-order valence-corrected chi connectivity index (χ2v) is 5.10. The molecule has 0 radical (unpaired) electrons. The molecule has 0 aromatic heterocycles. The van der Waals surface area contributed by atoms with Crippen LogP contribution < -0.4 is 10.6 Å². The second-order valence-electron chi connectivity index (χ2n) is 4.11. The first-order valence-electron chi connectivity index (χ1n) is 5.62. The van der Waals surface area contributed by atoms with E-state index in [9.17, 15) is 14.4 Å². The lowest BCUT2D eigenvalue weighted by Gasteiger charge is -2.11. The summed E-state index contributed by atoms with van der Waals surface area (Å²) in [6.07, 6.45) is 2.12. The number of carbonyl (C=O) groups excluding carboxylic acids is 3. The Labute approximate surface area is 103 Å². The van der Waals surface area contributed by atoms with Gasteiger partial charge in [-0.1, -0.05) is 0 Å². The van der Waals surface area contributed by atoms with E-state index in [1.165, 1.54) is 16.7 Å². The summed E-state index contributed by atoms with van der Waals surface area (Å²) in [7, 11) is 0. The Bertz CT molecular complexity index is 344. The van der Waals surface area contributed by atoms with Crippen molar-refractivity contribution in [2.24, 2.45) is 0 Å². The number of hydrogen-bond donors (Lipinski definition) is 2. The van der Waals surface area contributed by atoms with E-state index >= 15 is 0 Å². The molecule has 7 heteroatoms. The van der Waals surface area contributed by atoms with Gasteiger partial charge in [-0.05, 0) is 12.8 Å². The zero-order chi connectivity index (χ0) is 12.3. The third kappa shape index (κ3) is 3.62. The number of amides is 4. The highest BCUT2D eigenvalue weighted by atomic mass is 32.2. The Morgan fingerprint density at radius 1 is 1.41 bits per heavy atom. The van der Waals surface area contributed by atoms with Gasteiger partial charge in [0.25, 0.3) is 0 Å². The van der Waals surface area contributed by atoms with E-state index in [1.807, 2.05) is 0 Å². The van der Waals surface area contributed by atoms with Crippen molar-refractivity contribution in [1.82, 2.24) is 15.5 Å². The number of carbonyl (C=O) groups is 3. The minimum absolute atomic E-state index is 0.0313. The van der Waals surface area contributed by atoms with Crippen molar-refractivity contribution in [3.63, 3.8) is 0 Å². The summed E-state index contributed by atoms with van der Waals surface area (Å²) in [6, 6.07) is 0.0150. The highest BCUT2D eigenvalue weighted by molar-refractivity contribution is 8.00. The average Bonchev–Trinajstić information content (AvgIpc) is 2.98. The van der Waals surface area contributed by atoms with Crippen LogP contribution >= 0.6 is 11.8 Å². The van der Waals surface area contributed by atoms with Crippen LogP contribution in [-0.4, -0.2) is 53.4 Å². The van der Waals surface area contributed by atoms with E-state index in [0.29, 0.717) is 19.1 Å². The number of nitrogens with zero attached hydrogens (tertiary/aromatic N) is 1. The highest BCUT2D eigenvalue weighted by Crippen LogP contribution is 2.18. The molecule has 17 heavy (non-hydrogen) atoms. The van der Waals surface area contributed by atoms with Crippen LogP contribution in [-0.2, 0) is 9.59 Å². The first-order valence-corrected chi connectivity index (χ1v) is 6.77. The maximum atomic E-state index is 11.6. The van der Waals surface area contributed by atoms with Gasteiger partial charge in [0.2, 0.25) is 11.8 Å². The average molecular weight is 257 g/mol. The molecule has 1 saturated heterocycles. The van der Waals surface area contributed by atoms with Gasteiger partial charge in [-0.2, -0.15) is 0 Å². The van der Waals surface area contributed by atoms with Gasteiger partial charge < -0.3 is 10.6 Å². The van der Waals surface area contributed by atoms with E-state index in [-0.39, 0.29) is 29.4 Å². The summed E-state index contributed by atoms with van der Waals surface area (Å²) in [5.41, 5.74) is 0. The minimum atomic E-state index is -0.335. The number of urea groups is 1. The topological polar surface area (TPSA) is 78.5 Å². The fourth-order valence-electron chi connectivity index (χ4n) is 1.52. The molecule has 4 amide bonds. The van der Waals surface area contributed by atoms with Crippen LogP contribution in [0.25, 0.3) is 0 Å². The summed E-state index contributed by atoms with van der Waals surface area (Å²) < 4.78 is 0. The van der Waals surface area contributed by atoms with Gasteiger partial charge in [-0.3, -0.25) is 14.5 Å². The maximum Gasteiger partial charge on any atom is 0.324 e. The predicted molar refractivity (Wildman–Crippen MR) is 63.6 cm³/mol. The quantitative estimate of drug-likeness (QED) is 0.699. The zero-order valence-corrected chi connectivity index (χ0v) is 10.2. The molecule has 1 saturated carbocycles. The van der Waals surface area contributed by atoms with Gasteiger partial charge in [0.1, 0.15) is 0 Å². The van der Waals surface area contributed by atoms with Crippen molar-refractivity contribution in [2.45, 2.75) is 18.9 Å². The molecule has 2 aliphatic rings. The molecule has 1 aliphatic carbocycles. The van der Waals surface area contributed by atoms with E-state index in [2.05, 4.69) is 10.6 Å². The van der Waals surface area contributed by atoms with Crippen LogP contribution in [0.5, 0.6) is 0 Å². The smallest absolute Gasteiger partial charge is 0.324 e. The summed E-state index contributed by atoms with van der Waals surface area (Å²) in [5, 5.41) is 5.40. The van der Waals surface area contributed by atoms with Crippen molar-refractivity contribution >= 4 is 29.6 Å². The molecule has 2 fully saturated rings. The molecule has 94 valence electrons. The maximum absolute atomic E-state index is 11.6. The van der Waals surface area contributed by atoms with Crippen molar-refractivity contribution in [3.05, 3.63) is 0 Å². The molecular weight excluding hydrogens is 242 g/mol. The van der Waals surface area contributed by atoms with Crippen LogP contribution in [0.2, 0.25) is 0 Å². The summed E-state index contributed by atoms with van der Waals surface area (Å²) in [6.45, 7) is 0.934. The lowest BCUT2D eigenvalue weighted by molar-refractivity contribution is -0.124. The number of hydrogen-bond acceptors (Lipinski definition) is 4. The van der Waals surface area contributed by atoms with Gasteiger partial charge in [-0.25, -0.2) is 4.79 Å². The Kier molecular flexibility index (Phi) is 3.88. The van der Waals surface area contributed by atoms with E-state index in [0.717, 1.165) is 12.8 Å². The Morgan fingerprint density at radius 3 is 2.76 bits per heavy atom. The molecule has 0 bridgehead atoms. The van der Waals surface area contributed by atoms with Gasteiger partial charge in [0.15, 0.2) is 0 Å².